The number of nitrogens with two attached hydrogens (primary N) is 2. The molecule has 0 spiro atoms. The maximum absolute atomic E-state index is 12.5. The van der Waals surface area contributed by atoms with Crippen LogP contribution in [0.2, 0.25) is 0 Å². The van der Waals surface area contributed by atoms with Gasteiger partial charge in [-0.15, -0.1) is 0 Å². The number of anilines is 1. The van der Waals surface area contributed by atoms with Crippen molar-refractivity contribution in [3.05, 3.63) is 23.4 Å². The summed E-state index contributed by atoms with van der Waals surface area (Å²) in [7, 11) is 0. The van der Waals surface area contributed by atoms with Crippen LogP contribution in [-0.2, 0) is 6.18 Å². The summed E-state index contributed by atoms with van der Waals surface area (Å²) < 4.78 is 37.6. The lowest BCUT2D eigenvalue weighted by Crippen LogP contribution is -2.19. The smallest absolute Gasteiger partial charge is 0.369 e. The van der Waals surface area contributed by atoms with Crippen LogP contribution in [0.4, 0.5) is 19.0 Å². The third kappa shape index (κ3) is 4.40. The van der Waals surface area contributed by atoms with E-state index in [1.165, 1.54) is 0 Å². The first kappa shape index (κ1) is 15.2. The molecular weight excluding hydrogens is 261 g/mol. The molecule has 0 radical (unpaired) electrons. The number of halogens is 3. The van der Waals surface area contributed by atoms with E-state index in [0.717, 1.165) is 18.6 Å². The molecule has 0 unspecified atom stereocenters. The van der Waals surface area contributed by atoms with Crippen LogP contribution >= 0.6 is 0 Å². The van der Waals surface area contributed by atoms with Gasteiger partial charge < -0.3 is 16.8 Å². The van der Waals surface area contributed by atoms with Crippen molar-refractivity contribution in [2.45, 2.75) is 19.0 Å². The highest BCUT2D eigenvalue weighted by Crippen LogP contribution is 2.29. The normalized spacial score (nSPS) is 11.4. The molecule has 0 aliphatic rings. The van der Waals surface area contributed by atoms with E-state index in [1.807, 2.05) is 0 Å². The number of hydrogen-bond donors (Lipinski definition) is 3. The zero-order valence-electron chi connectivity index (χ0n) is 10.1. The largest absolute Gasteiger partial charge is 0.433 e. The molecule has 0 fully saturated rings. The number of amides is 1. The molecular formula is C11H15F3N4O. The van der Waals surface area contributed by atoms with Crippen molar-refractivity contribution >= 4 is 11.7 Å². The van der Waals surface area contributed by atoms with Crippen molar-refractivity contribution < 1.29 is 18.0 Å². The Hall–Kier alpha value is -1.83. The van der Waals surface area contributed by atoms with Crippen molar-refractivity contribution in [3.8, 4) is 0 Å². The molecule has 5 nitrogen and oxygen atoms in total. The standard InChI is InChI=1S/C11H15F3N4O/c12-11(13,14)8-4-3-7(9(16)19)10(18-8)17-6-2-1-5-15/h3-4H,1-2,5-6,15H2,(H2,16,19)(H,17,18). The lowest BCUT2D eigenvalue weighted by molar-refractivity contribution is -0.141. The Bertz CT molecular complexity index is 448. The molecule has 1 rings (SSSR count). The van der Waals surface area contributed by atoms with E-state index in [2.05, 4.69) is 10.3 Å². The van der Waals surface area contributed by atoms with Gasteiger partial charge in [-0.3, -0.25) is 4.79 Å². The number of alkyl halides is 3. The van der Waals surface area contributed by atoms with Gasteiger partial charge in [-0.05, 0) is 31.5 Å². The molecule has 1 heterocycles. The highest BCUT2D eigenvalue weighted by atomic mass is 19.4. The number of primary amides is 1. The summed E-state index contributed by atoms with van der Waals surface area (Å²) in [5.41, 5.74) is 9.25. The lowest BCUT2D eigenvalue weighted by atomic mass is 10.2. The molecule has 0 saturated carbocycles. The Balaban J connectivity index is 2.93. The van der Waals surface area contributed by atoms with Crippen LogP contribution in [0.1, 0.15) is 28.9 Å². The molecule has 1 aromatic rings. The zero-order chi connectivity index (χ0) is 14.5. The second-order valence-electron chi connectivity index (χ2n) is 3.88. The monoisotopic (exact) mass is 276 g/mol. The Morgan fingerprint density at radius 2 is 2.00 bits per heavy atom. The Morgan fingerprint density at radius 3 is 2.53 bits per heavy atom. The van der Waals surface area contributed by atoms with E-state index in [9.17, 15) is 18.0 Å². The first-order valence-electron chi connectivity index (χ1n) is 5.68. The van der Waals surface area contributed by atoms with Gasteiger partial charge >= 0.3 is 6.18 Å². The molecule has 0 bridgehead atoms. The van der Waals surface area contributed by atoms with Crippen LogP contribution in [0.15, 0.2) is 12.1 Å². The van der Waals surface area contributed by atoms with Crippen LogP contribution in [0, 0.1) is 0 Å². The molecule has 1 amide bonds. The minimum absolute atomic E-state index is 0.0688. The maximum atomic E-state index is 12.5. The lowest BCUT2D eigenvalue weighted by Gasteiger charge is -2.12. The van der Waals surface area contributed by atoms with E-state index in [1.54, 1.807) is 0 Å². The summed E-state index contributed by atoms with van der Waals surface area (Å²) in [6.45, 7) is 0.853. The Kier molecular flexibility index (Phi) is 5.11. The van der Waals surface area contributed by atoms with Gasteiger partial charge in [-0.25, -0.2) is 4.98 Å². The minimum atomic E-state index is -4.57. The SMILES string of the molecule is NCCCCNc1nc(C(F)(F)F)ccc1C(N)=O. The molecule has 0 aliphatic heterocycles. The maximum Gasteiger partial charge on any atom is 0.433 e. The summed E-state index contributed by atoms with van der Waals surface area (Å²) in [6, 6.07) is 1.74. The molecule has 0 atom stereocenters. The fourth-order valence-corrected chi connectivity index (χ4v) is 1.43. The number of carbonyl (C=O) groups excluding carboxylic acids is 1. The molecule has 106 valence electrons. The van der Waals surface area contributed by atoms with Crippen LogP contribution < -0.4 is 16.8 Å². The first-order chi connectivity index (χ1) is 8.86. The summed E-state index contributed by atoms with van der Waals surface area (Å²) in [6.07, 6.45) is -3.19. The van der Waals surface area contributed by atoms with Crippen LogP contribution in [-0.4, -0.2) is 24.0 Å². The van der Waals surface area contributed by atoms with Crippen molar-refractivity contribution in [2.75, 3.05) is 18.4 Å². The average Bonchev–Trinajstić information content (AvgIpc) is 2.33. The van der Waals surface area contributed by atoms with Gasteiger partial charge in [-0.1, -0.05) is 0 Å². The third-order valence-corrected chi connectivity index (χ3v) is 2.37. The number of aromatic nitrogens is 1. The Morgan fingerprint density at radius 1 is 1.32 bits per heavy atom. The van der Waals surface area contributed by atoms with Crippen molar-refractivity contribution in [1.82, 2.24) is 4.98 Å². The van der Waals surface area contributed by atoms with Crippen LogP contribution in [0.5, 0.6) is 0 Å². The topological polar surface area (TPSA) is 94.0 Å². The molecule has 0 aromatic carbocycles. The van der Waals surface area contributed by atoms with Crippen LogP contribution in [0.25, 0.3) is 0 Å². The quantitative estimate of drug-likeness (QED) is 0.684. The summed E-state index contributed by atoms with van der Waals surface area (Å²) in [5, 5.41) is 2.67. The Labute approximate surface area is 108 Å². The van der Waals surface area contributed by atoms with E-state index < -0.39 is 17.8 Å². The van der Waals surface area contributed by atoms with Gasteiger partial charge in [0.2, 0.25) is 0 Å². The van der Waals surface area contributed by atoms with Gasteiger partial charge in [0.1, 0.15) is 11.5 Å². The average molecular weight is 276 g/mol. The van der Waals surface area contributed by atoms with Gasteiger partial charge in [0.05, 0.1) is 5.56 Å². The summed E-state index contributed by atoms with van der Waals surface area (Å²) in [5.74, 6) is -0.984. The van der Waals surface area contributed by atoms with Gasteiger partial charge in [0, 0.05) is 6.54 Å². The minimum Gasteiger partial charge on any atom is -0.369 e. The number of nitrogens with one attached hydrogen (secondary N) is 1. The molecule has 5 N–H and O–H groups in total. The third-order valence-electron chi connectivity index (χ3n) is 2.37. The fraction of sp³-hybridized carbons (Fsp3) is 0.455. The highest BCUT2D eigenvalue weighted by Gasteiger charge is 2.33. The van der Waals surface area contributed by atoms with Gasteiger partial charge in [0.25, 0.3) is 5.91 Å². The molecule has 19 heavy (non-hydrogen) atoms. The molecule has 8 heteroatoms. The second-order valence-corrected chi connectivity index (χ2v) is 3.88. The first-order valence-corrected chi connectivity index (χ1v) is 5.68. The number of hydrogen-bond acceptors (Lipinski definition) is 4. The van der Waals surface area contributed by atoms with E-state index >= 15 is 0 Å². The zero-order valence-corrected chi connectivity index (χ0v) is 10.1. The number of carbonyl (C=O) groups is 1. The molecule has 0 aliphatic carbocycles. The predicted octanol–water partition coefficient (Wildman–Crippen LogP) is 1.35. The number of rotatable bonds is 6. The van der Waals surface area contributed by atoms with Crippen molar-refractivity contribution in [3.63, 3.8) is 0 Å². The highest BCUT2D eigenvalue weighted by molar-refractivity contribution is 5.97. The van der Waals surface area contributed by atoms with E-state index in [4.69, 9.17) is 11.5 Å². The molecule has 1 aromatic heterocycles. The summed E-state index contributed by atoms with van der Waals surface area (Å²) in [4.78, 5) is 14.5. The fourth-order valence-electron chi connectivity index (χ4n) is 1.43. The number of nitrogens with zero attached hydrogens (tertiary/aromatic N) is 1. The van der Waals surface area contributed by atoms with Gasteiger partial charge in [-0.2, -0.15) is 13.2 Å². The van der Waals surface area contributed by atoms with Crippen LogP contribution in [0.3, 0.4) is 0 Å². The summed E-state index contributed by atoms with van der Waals surface area (Å²) >= 11 is 0. The van der Waals surface area contributed by atoms with Gasteiger partial charge in [0.15, 0.2) is 0 Å². The molecule has 0 saturated heterocycles. The van der Waals surface area contributed by atoms with E-state index in [-0.39, 0.29) is 11.4 Å². The number of unbranched alkanes of at least 4 members (excludes halogenated alkanes) is 1. The second kappa shape index (κ2) is 6.37. The van der Waals surface area contributed by atoms with Crippen molar-refractivity contribution in [1.29, 1.82) is 0 Å². The van der Waals surface area contributed by atoms with Crippen molar-refractivity contribution in [2.24, 2.45) is 11.5 Å². The number of pyridine rings is 1. The predicted molar refractivity (Wildman–Crippen MR) is 64.5 cm³/mol. The van der Waals surface area contributed by atoms with E-state index in [0.29, 0.717) is 19.5 Å².